The molecule has 1 heteroatoms. The molecule has 0 spiro atoms. The second kappa shape index (κ2) is 4.24. The summed E-state index contributed by atoms with van der Waals surface area (Å²) in [6.45, 7) is 9.06. The van der Waals surface area contributed by atoms with E-state index in [0.29, 0.717) is 5.92 Å². The van der Waals surface area contributed by atoms with Crippen LogP contribution in [0.2, 0.25) is 0 Å². The van der Waals surface area contributed by atoms with Crippen LogP contribution in [-0.4, -0.2) is 12.3 Å². The molecule has 0 saturated carbocycles. The van der Waals surface area contributed by atoms with Crippen LogP contribution in [0.15, 0.2) is 29.3 Å². The highest BCUT2D eigenvalue weighted by atomic mass is 14.7. The predicted octanol–water partition coefficient (Wildman–Crippen LogP) is 2.99. The first kappa shape index (κ1) is 9.24. The van der Waals surface area contributed by atoms with Crippen molar-refractivity contribution in [2.75, 3.05) is 6.54 Å². The molecule has 0 N–H and O–H groups in total. The van der Waals surface area contributed by atoms with Crippen molar-refractivity contribution in [2.45, 2.75) is 26.7 Å². The average Bonchev–Trinajstić information content (AvgIpc) is 2.03. The lowest BCUT2D eigenvalue weighted by atomic mass is 9.96. The van der Waals surface area contributed by atoms with Crippen molar-refractivity contribution in [2.24, 2.45) is 10.9 Å². The first-order valence-corrected chi connectivity index (χ1v) is 4.58. The van der Waals surface area contributed by atoms with E-state index < -0.39 is 0 Å². The van der Waals surface area contributed by atoms with Crippen molar-refractivity contribution in [3.05, 3.63) is 24.3 Å². The summed E-state index contributed by atoms with van der Waals surface area (Å²) in [5, 5.41) is 0. The highest BCUT2D eigenvalue weighted by molar-refractivity contribution is 5.97. The van der Waals surface area contributed by atoms with Crippen LogP contribution >= 0.6 is 0 Å². The van der Waals surface area contributed by atoms with Gasteiger partial charge < -0.3 is 0 Å². The van der Waals surface area contributed by atoms with E-state index in [1.165, 1.54) is 18.6 Å². The van der Waals surface area contributed by atoms with Gasteiger partial charge in [0.25, 0.3) is 0 Å². The van der Waals surface area contributed by atoms with Gasteiger partial charge >= 0.3 is 0 Å². The zero-order chi connectivity index (χ0) is 8.97. The van der Waals surface area contributed by atoms with Gasteiger partial charge in [-0.05, 0) is 31.8 Å². The second-order valence-corrected chi connectivity index (χ2v) is 3.53. The molecule has 1 aliphatic heterocycles. The predicted molar refractivity (Wildman–Crippen MR) is 54.7 cm³/mol. The first-order chi connectivity index (χ1) is 5.70. The van der Waals surface area contributed by atoms with Crippen LogP contribution in [0.25, 0.3) is 0 Å². The molecule has 0 radical (unpaired) electrons. The second-order valence-electron chi connectivity index (χ2n) is 3.53. The molecule has 0 aromatic carbocycles. The molecule has 1 unspecified atom stereocenters. The van der Waals surface area contributed by atoms with Crippen molar-refractivity contribution in [3.8, 4) is 0 Å². The van der Waals surface area contributed by atoms with E-state index in [1.807, 2.05) is 13.0 Å². The summed E-state index contributed by atoms with van der Waals surface area (Å²) in [5.41, 5.74) is 2.33. The summed E-state index contributed by atoms with van der Waals surface area (Å²) in [5.74, 6) is 0.634. The van der Waals surface area contributed by atoms with Crippen molar-refractivity contribution in [3.63, 3.8) is 0 Å². The lowest BCUT2D eigenvalue weighted by Crippen LogP contribution is -2.14. The van der Waals surface area contributed by atoms with Crippen molar-refractivity contribution in [1.82, 2.24) is 0 Å². The molecule has 1 atom stereocenters. The Morgan fingerprint density at radius 2 is 2.42 bits per heavy atom. The third kappa shape index (κ3) is 2.65. The van der Waals surface area contributed by atoms with E-state index in [-0.39, 0.29) is 0 Å². The molecule has 0 bridgehead atoms. The lowest BCUT2D eigenvalue weighted by molar-refractivity contribution is 0.611. The maximum Gasteiger partial charge on any atom is 0.0392 e. The van der Waals surface area contributed by atoms with Crippen LogP contribution in [0.1, 0.15) is 26.7 Å². The third-order valence-corrected chi connectivity index (χ3v) is 2.13. The number of nitrogens with zero attached hydrogens (tertiary/aromatic N) is 1. The third-order valence-electron chi connectivity index (χ3n) is 2.13. The smallest absolute Gasteiger partial charge is 0.0392 e. The van der Waals surface area contributed by atoms with E-state index in [2.05, 4.69) is 24.6 Å². The Bertz CT molecular complexity index is 223. The van der Waals surface area contributed by atoms with E-state index in [0.717, 1.165) is 12.1 Å². The number of rotatable bonds is 2. The number of aliphatic imine (C=N–C) groups is 1. The van der Waals surface area contributed by atoms with Gasteiger partial charge in [-0.3, -0.25) is 4.99 Å². The zero-order valence-electron chi connectivity index (χ0n) is 8.01. The van der Waals surface area contributed by atoms with Crippen LogP contribution < -0.4 is 0 Å². The fraction of sp³-hybridized carbons (Fsp3) is 0.545. The van der Waals surface area contributed by atoms with E-state index in [1.54, 1.807) is 0 Å². The van der Waals surface area contributed by atoms with Gasteiger partial charge in [0.05, 0.1) is 0 Å². The molecule has 0 aliphatic carbocycles. The molecule has 0 saturated heterocycles. The molecule has 1 aliphatic rings. The molecule has 0 fully saturated rings. The normalized spacial score (nSPS) is 24.2. The zero-order valence-corrected chi connectivity index (χ0v) is 8.01. The first-order valence-electron chi connectivity index (χ1n) is 4.58. The molecular weight excluding hydrogens is 146 g/mol. The number of allylic oxidation sites excluding steroid dienone is 3. The Morgan fingerprint density at radius 3 is 3.00 bits per heavy atom. The maximum atomic E-state index is 4.47. The number of hydrogen-bond donors (Lipinski definition) is 0. The minimum atomic E-state index is 0.634. The molecular formula is C11H17N. The standard InChI is InChI=1S/C11H17N/c1-9(2)6-7-11-10(3)5-4-8-12-11/h6-7,10H,1,4-5,8H2,2-3H3/b7-6-. The van der Waals surface area contributed by atoms with Gasteiger partial charge in [0.1, 0.15) is 0 Å². The van der Waals surface area contributed by atoms with E-state index in [4.69, 9.17) is 0 Å². The largest absolute Gasteiger partial charge is 0.289 e. The molecule has 66 valence electrons. The van der Waals surface area contributed by atoms with Crippen LogP contribution in [0, 0.1) is 5.92 Å². The number of hydrogen-bond acceptors (Lipinski definition) is 1. The summed E-state index contributed by atoms with van der Waals surface area (Å²) in [4.78, 5) is 4.47. The van der Waals surface area contributed by atoms with Crippen LogP contribution in [0.4, 0.5) is 0 Å². The topological polar surface area (TPSA) is 12.4 Å². The molecule has 1 rings (SSSR count). The molecule has 0 aromatic heterocycles. The Labute approximate surface area is 74.9 Å². The van der Waals surface area contributed by atoms with Gasteiger partial charge in [-0.25, -0.2) is 0 Å². The minimum Gasteiger partial charge on any atom is -0.289 e. The lowest BCUT2D eigenvalue weighted by Gasteiger charge is -2.16. The molecule has 0 amide bonds. The van der Waals surface area contributed by atoms with Gasteiger partial charge in [0.15, 0.2) is 0 Å². The summed E-state index contributed by atoms with van der Waals surface area (Å²) < 4.78 is 0. The fourth-order valence-corrected chi connectivity index (χ4v) is 1.35. The Balaban J connectivity index is 2.60. The molecule has 1 heterocycles. The maximum absolute atomic E-state index is 4.47. The van der Waals surface area contributed by atoms with Crippen LogP contribution in [0.5, 0.6) is 0 Å². The summed E-state index contributed by atoms with van der Waals surface area (Å²) in [6.07, 6.45) is 6.66. The van der Waals surface area contributed by atoms with E-state index in [9.17, 15) is 0 Å². The quantitative estimate of drug-likeness (QED) is 0.555. The Kier molecular flexibility index (Phi) is 3.27. The van der Waals surface area contributed by atoms with Gasteiger partial charge in [0.2, 0.25) is 0 Å². The minimum absolute atomic E-state index is 0.634. The van der Waals surface area contributed by atoms with E-state index >= 15 is 0 Å². The van der Waals surface area contributed by atoms with Crippen molar-refractivity contribution >= 4 is 5.71 Å². The summed E-state index contributed by atoms with van der Waals surface area (Å²) in [7, 11) is 0. The molecule has 12 heavy (non-hydrogen) atoms. The Morgan fingerprint density at radius 1 is 1.67 bits per heavy atom. The van der Waals surface area contributed by atoms with Gasteiger partial charge in [-0.15, -0.1) is 0 Å². The fourth-order valence-electron chi connectivity index (χ4n) is 1.35. The van der Waals surface area contributed by atoms with Gasteiger partial charge in [-0.2, -0.15) is 0 Å². The highest BCUT2D eigenvalue weighted by Crippen LogP contribution is 2.14. The summed E-state index contributed by atoms with van der Waals surface area (Å²) >= 11 is 0. The summed E-state index contributed by atoms with van der Waals surface area (Å²) in [6, 6.07) is 0. The van der Waals surface area contributed by atoms with Crippen molar-refractivity contribution in [1.29, 1.82) is 0 Å². The van der Waals surface area contributed by atoms with Crippen LogP contribution in [-0.2, 0) is 0 Å². The molecule has 1 nitrogen and oxygen atoms in total. The highest BCUT2D eigenvalue weighted by Gasteiger charge is 2.10. The SMILES string of the molecule is C=C(C)/C=C\C1=NCCCC1C. The van der Waals surface area contributed by atoms with Gasteiger partial charge in [0, 0.05) is 12.3 Å². The Hall–Kier alpha value is -0.850. The molecule has 0 aromatic rings. The van der Waals surface area contributed by atoms with Crippen molar-refractivity contribution < 1.29 is 0 Å². The monoisotopic (exact) mass is 163 g/mol. The average molecular weight is 163 g/mol. The van der Waals surface area contributed by atoms with Gasteiger partial charge in [-0.1, -0.05) is 25.2 Å². The van der Waals surface area contributed by atoms with Crippen LogP contribution in [0.3, 0.4) is 0 Å².